The summed E-state index contributed by atoms with van der Waals surface area (Å²) in [5.41, 5.74) is 2.30. The second-order valence-corrected chi connectivity index (χ2v) is 8.36. The van der Waals surface area contributed by atoms with E-state index >= 15 is 0 Å². The van der Waals surface area contributed by atoms with E-state index < -0.39 is 11.8 Å². The second-order valence-electron chi connectivity index (χ2n) is 7.97. The number of rotatable bonds is 5. The summed E-state index contributed by atoms with van der Waals surface area (Å²) in [4.78, 5) is 27.6. The van der Waals surface area contributed by atoms with E-state index in [4.69, 9.17) is 21.7 Å². The van der Waals surface area contributed by atoms with E-state index in [1.165, 1.54) is 4.90 Å². The Morgan fingerprint density at radius 3 is 2.30 bits per heavy atom. The average molecular weight is 461 g/mol. The SMILES string of the molecule is COc1ccc2ccc(OC)c(/C=C3\C(=O)NC(=S)N(c4ccc(C(C)C)cc4)C3=O)c2c1. The van der Waals surface area contributed by atoms with Crippen LogP contribution in [0, 0.1) is 0 Å². The van der Waals surface area contributed by atoms with E-state index in [9.17, 15) is 9.59 Å². The predicted molar refractivity (Wildman–Crippen MR) is 134 cm³/mol. The van der Waals surface area contributed by atoms with Gasteiger partial charge in [-0.25, -0.2) is 0 Å². The standard InChI is InChI=1S/C26H24N2O4S/c1-15(2)16-5-9-18(10-6-16)28-25(30)22(24(29)27-26(28)33)14-21-20-13-19(31-3)11-7-17(20)8-12-23(21)32-4/h5-15H,1-4H3,(H,27,29,33)/b22-14+. The lowest BCUT2D eigenvalue weighted by Gasteiger charge is -2.29. The van der Waals surface area contributed by atoms with Gasteiger partial charge < -0.3 is 9.47 Å². The third-order valence-electron chi connectivity index (χ3n) is 5.66. The zero-order chi connectivity index (χ0) is 23.7. The minimum absolute atomic E-state index is 0.0369. The molecule has 0 radical (unpaired) electrons. The van der Waals surface area contributed by atoms with Gasteiger partial charge in [0.15, 0.2) is 5.11 Å². The highest BCUT2D eigenvalue weighted by atomic mass is 32.1. The Morgan fingerprint density at radius 1 is 0.970 bits per heavy atom. The molecule has 6 nitrogen and oxygen atoms in total. The van der Waals surface area contributed by atoms with Crippen molar-refractivity contribution in [2.24, 2.45) is 0 Å². The molecule has 1 saturated heterocycles. The zero-order valence-electron chi connectivity index (χ0n) is 18.8. The molecule has 0 aromatic heterocycles. The van der Waals surface area contributed by atoms with Crippen LogP contribution in [0.3, 0.4) is 0 Å². The van der Waals surface area contributed by atoms with Gasteiger partial charge in [0.1, 0.15) is 17.1 Å². The van der Waals surface area contributed by atoms with Gasteiger partial charge in [-0.3, -0.25) is 19.8 Å². The molecule has 2 amide bonds. The summed E-state index contributed by atoms with van der Waals surface area (Å²) < 4.78 is 10.9. The molecule has 1 aliphatic rings. The van der Waals surface area contributed by atoms with E-state index in [2.05, 4.69) is 19.2 Å². The number of amides is 2. The first kappa shape index (κ1) is 22.5. The zero-order valence-corrected chi connectivity index (χ0v) is 19.7. The molecular weight excluding hydrogens is 436 g/mol. The van der Waals surface area contributed by atoms with Crippen molar-refractivity contribution in [2.75, 3.05) is 19.1 Å². The normalized spacial score (nSPS) is 15.4. The van der Waals surface area contributed by atoms with E-state index in [0.717, 1.165) is 16.3 Å². The number of nitrogens with zero attached hydrogens (tertiary/aromatic N) is 1. The third-order valence-corrected chi connectivity index (χ3v) is 5.94. The van der Waals surface area contributed by atoms with Crippen molar-refractivity contribution >= 4 is 51.7 Å². The number of methoxy groups -OCH3 is 2. The number of benzene rings is 3. The van der Waals surface area contributed by atoms with Crippen molar-refractivity contribution in [1.82, 2.24) is 5.32 Å². The molecule has 0 bridgehead atoms. The Labute approximate surface area is 197 Å². The Balaban J connectivity index is 1.83. The summed E-state index contributed by atoms with van der Waals surface area (Å²) >= 11 is 5.33. The van der Waals surface area contributed by atoms with Crippen molar-refractivity contribution < 1.29 is 19.1 Å². The topological polar surface area (TPSA) is 67.9 Å². The fraction of sp³-hybridized carbons (Fsp3) is 0.192. The quantitative estimate of drug-likeness (QED) is 0.336. The first-order valence-corrected chi connectivity index (χ1v) is 10.9. The molecule has 1 heterocycles. The first-order chi connectivity index (χ1) is 15.8. The fourth-order valence-electron chi connectivity index (χ4n) is 3.80. The number of anilines is 1. The Hall–Kier alpha value is -3.71. The van der Waals surface area contributed by atoms with Crippen molar-refractivity contribution in [3.8, 4) is 11.5 Å². The molecule has 33 heavy (non-hydrogen) atoms. The molecule has 4 rings (SSSR count). The number of hydrogen-bond acceptors (Lipinski definition) is 5. The number of carbonyl (C=O) groups excluding carboxylic acids is 2. The van der Waals surface area contributed by atoms with Crippen LogP contribution in [-0.2, 0) is 9.59 Å². The van der Waals surface area contributed by atoms with Crippen LogP contribution in [0.4, 0.5) is 5.69 Å². The maximum atomic E-state index is 13.5. The molecule has 1 N–H and O–H groups in total. The lowest BCUT2D eigenvalue weighted by Crippen LogP contribution is -2.54. The van der Waals surface area contributed by atoms with Crippen molar-refractivity contribution in [1.29, 1.82) is 0 Å². The Bertz CT molecular complexity index is 1290. The molecule has 168 valence electrons. The number of nitrogens with one attached hydrogen (secondary N) is 1. The van der Waals surface area contributed by atoms with Gasteiger partial charge in [0.2, 0.25) is 0 Å². The van der Waals surface area contributed by atoms with E-state index in [0.29, 0.717) is 28.7 Å². The largest absolute Gasteiger partial charge is 0.497 e. The number of carbonyl (C=O) groups is 2. The number of thiocarbonyl (C=S) groups is 1. The van der Waals surface area contributed by atoms with Gasteiger partial charge in [-0.05, 0) is 70.9 Å². The monoisotopic (exact) mass is 460 g/mol. The number of fused-ring (bicyclic) bond motifs is 1. The summed E-state index contributed by atoms with van der Waals surface area (Å²) in [5.74, 6) is 0.492. The minimum Gasteiger partial charge on any atom is -0.497 e. The van der Waals surface area contributed by atoms with Gasteiger partial charge in [0, 0.05) is 5.56 Å². The fourth-order valence-corrected chi connectivity index (χ4v) is 4.08. The van der Waals surface area contributed by atoms with Gasteiger partial charge in [-0.15, -0.1) is 0 Å². The minimum atomic E-state index is -0.554. The highest BCUT2D eigenvalue weighted by molar-refractivity contribution is 7.80. The van der Waals surface area contributed by atoms with Crippen LogP contribution < -0.4 is 19.7 Å². The molecule has 0 atom stereocenters. The van der Waals surface area contributed by atoms with E-state index in [1.54, 1.807) is 26.4 Å². The molecule has 1 fully saturated rings. The van der Waals surface area contributed by atoms with E-state index in [-0.39, 0.29) is 10.7 Å². The summed E-state index contributed by atoms with van der Waals surface area (Å²) in [6, 6.07) is 16.9. The molecular formula is C26H24N2O4S. The van der Waals surface area contributed by atoms with Crippen molar-refractivity contribution in [3.63, 3.8) is 0 Å². The summed E-state index contributed by atoms with van der Waals surface area (Å²) in [7, 11) is 3.13. The highest BCUT2D eigenvalue weighted by Gasteiger charge is 2.34. The molecule has 1 aliphatic heterocycles. The van der Waals surface area contributed by atoms with Crippen LogP contribution in [0.15, 0.2) is 60.2 Å². The van der Waals surface area contributed by atoms with Gasteiger partial charge in [0.25, 0.3) is 11.8 Å². The maximum absolute atomic E-state index is 13.5. The van der Waals surface area contributed by atoms with Gasteiger partial charge in [0.05, 0.1) is 19.9 Å². The maximum Gasteiger partial charge on any atom is 0.270 e. The van der Waals surface area contributed by atoms with Gasteiger partial charge in [-0.1, -0.05) is 38.1 Å². The second kappa shape index (κ2) is 9.03. The summed E-state index contributed by atoms with van der Waals surface area (Å²) in [6.45, 7) is 4.19. The highest BCUT2D eigenvalue weighted by Crippen LogP contribution is 2.33. The molecule has 7 heteroatoms. The average Bonchev–Trinajstić information content (AvgIpc) is 2.81. The van der Waals surface area contributed by atoms with Crippen LogP contribution in [0.25, 0.3) is 16.8 Å². The van der Waals surface area contributed by atoms with Crippen LogP contribution in [0.2, 0.25) is 0 Å². The van der Waals surface area contributed by atoms with Crippen LogP contribution in [-0.4, -0.2) is 31.1 Å². The molecule has 0 unspecified atom stereocenters. The summed E-state index contributed by atoms with van der Waals surface area (Å²) in [5, 5.41) is 4.40. The Kier molecular flexibility index (Phi) is 6.16. The van der Waals surface area contributed by atoms with Crippen LogP contribution >= 0.6 is 12.2 Å². The first-order valence-electron chi connectivity index (χ1n) is 10.5. The lowest BCUT2D eigenvalue weighted by molar-refractivity contribution is -0.122. The lowest BCUT2D eigenvalue weighted by atomic mass is 9.99. The number of ether oxygens (including phenoxy) is 2. The summed E-state index contributed by atoms with van der Waals surface area (Å²) in [6.07, 6.45) is 1.55. The molecule has 0 aliphatic carbocycles. The van der Waals surface area contributed by atoms with Gasteiger partial charge in [-0.2, -0.15) is 0 Å². The third kappa shape index (κ3) is 4.19. The van der Waals surface area contributed by atoms with Crippen molar-refractivity contribution in [3.05, 3.63) is 71.3 Å². The van der Waals surface area contributed by atoms with E-state index in [1.807, 2.05) is 48.5 Å². The van der Waals surface area contributed by atoms with Crippen molar-refractivity contribution in [2.45, 2.75) is 19.8 Å². The Morgan fingerprint density at radius 2 is 1.67 bits per heavy atom. The molecule has 0 saturated carbocycles. The molecule has 3 aromatic carbocycles. The van der Waals surface area contributed by atoms with Gasteiger partial charge >= 0.3 is 0 Å². The number of hydrogen-bond donors (Lipinski definition) is 1. The predicted octanol–water partition coefficient (Wildman–Crippen LogP) is 4.81. The van der Waals surface area contributed by atoms with Crippen LogP contribution in [0.5, 0.6) is 11.5 Å². The smallest absolute Gasteiger partial charge is 0.270 e. The van der Waals surface area contributed by atoms with Crippen LogP contribution in [0.1, 0.15) is 30.9 Å². The molecule has 0 spiro atoms. The molecule has 3 aromatic rings.